The molecule has 0 radical (unpaired) electrons. The summed E-state index contributed by atoms with van der Waals surface area (Å²) in [6, 6.07) is 11.4. The highest BCUT2D eigenvalue weighted by Gasteiger charge is 2.21. The molecule has 1 unspecified atom stereocenters. The first-order chi connectivity index (χ1) is 12.5. The third kappa shape index (κ3) is 4.41. The first-order valence-electron chi connectivity index (χ1n) is 9.27. The summed E-state index contributed by atoms with van der Waals surface area (Å²) in [5.74, 6) is 1.40. The molecule has 1 aliphatic rings. The SMILES string of the molecule is Cc1ccccc1C(O)CNc1ccc(C(=O)N2CCC(C)CC2)cn1. The Bertz CT molecular complexity index is 737. The molecule has 5 heteroatoms. The molecule has 138 valence electrons. The molecule has 0 aliphatic carbocycles. The minimum atomic E-state index is -0.602. The van der Waals surface area contributed by atoms with Crippen LogP contribution in [0.1, 0.15) is 47.4 Å². The Kier molecular flexibility index (Phi) is 5.89. The number of rotatable bonds is 5. The van der Waals surface area contributed by atoms with E-state index < -0.39 is 6.10 Å². The molecule has 2 N–H and O–H groups in total. The van der Waals surface area contributed by atoms with Crippen LogP contribution in [0.4, 0.5) is 5.82 Å². The first-order valence-corrected chi connectivity index (χ1v) is 9.27. The molecule has 2 aromatic rings. The van der Waals surface area contributed by atoms with Crippen molar-refractivity contribution in [3.8, 4) is 0 Å². The third-order valence-electron chi connectivity index (χ3n) is 5.11. The normalized spacial score (nSPS) is 16.3. The zero-order valence-corrected chi connectivity index (χ0v) is 15.5. The maximum absolute atomic E-state index is 12.5. The fourth-order valence-electron chi connectivity index (χ4n) is 3.29. The van der Waals surface area contributed by atoms with E-state index in [2.05, 4.69) is 17.2 Å². The number of aliphatic hydroxyl groups excluding tert-OH is 1. The van der Waals surface area contributed by atoms with Crippen molar-refractivity contribution in [2.75, 3.05) is 25.0 Å². The number of pyridine rings is 1. The molecule has 1 fully saturated rings. The van der Waals surface area contributed by atoms with Gasteiger partial charge in [-0.3, -0.25) is 4.79 Å². The van der Waals surface area contributed by atoms with Gasteiger partial charge in [-0.2, -0.15) is 0 Å². The molecule has 1 aromatic carbocycles. The molecule has 1 atom stereocenters. The average Bonchev–Trinajstić information content (AvgIpc) is 2.67. The molecule has 1 aromatic heterocycles. The van der Waals surface area contributed by atoms with Crippen molar-refractivity contribution >= 4 is 11.7 Å². The number of carbonyl (C=O) groups excluding carboxylic acids is 1. The highest BCUT2D eigenvalue weighted by molar-refractivity contribution is 5.94. The van der Waals surface area contributed by atoms with Crippen LogP contribution in [0.25, 0.3) is 0 Å². The summed E-state index contributed by atoms with van der Waals surface area (Å²) < 4.78 is 0. The molecule has 1 saturated heterocycles. The van der Waals surface area contributed by atoms with Crippen molar-refractivity contribution in [1.29, 1.82) is 0 Å². The fraction of sp³-hybridized carbons (Fsp3) is 0.429. The van der Waals surface area contributed by atoms with Crippen LogP contribution in [0.3, 0.4) is 0 Å². The van der Waals surface area contributed by atoms with E-state index in [1.807, 2.05) is 36.1 Å². The second-order valence-corrected chi connectivity index (χ2v) is 7.16. The van der Waals surface area contributed by atoms with Gasteiger partial charge in [0, 0.05) is 25.8 Å². The summed E-state index contributed by atoms with van der Waals surface area (Å²) in [6.07, 6.45) is 3.14. The largest absolute Gasteiger partial charge is 0.387 e. The fourth-order valence-corrected chi connectivity index (χ4v) is 3.29. The molecule has 0 bridgehead atoms. The molecule has 0 saturated carbocycles. The Morgan fingerprint density at radius 1 is 1.27 bits per heavy atom. The van der Waals surface area contributed by atoms with Gasteiger partial charge in [0.1, 0.15) is 5.82 Å². The Hall–Kier alpha value is -2.40. The van der Waals surface area contributed by atoms with Gasteiger partial charge in [-0.15, -0.1) is 0 Å². The molecule has 3 rings (SSSR count). The van der Waals surface area contributed by atoms with E-state index >= 15 is 0 Å². The Morgan fingerprint density at radius 3 is 2.65 bits per heavy atom. The van der Waals surface area contributed by atoms with Crippen molar-refractivity contribution in [2.45, 2.75) is 32.8 Å². The second-order valence-electron chi connectivity index (χ2n) is 7.16. The summed E-state index contributed by atoms with van der Waals surface area (Å²) in [7, 11) is 0. The summed E-state index contributed by atoms with van der Waals surface area (Å²) in [5, 5.41) is 13.5. The number of aliphatic hydroxyl groups is 1. The van der Waals surface area contributed by atoms with E-state index in [0.29, 0.717) is 23.8 Å². The van der Waals surface area contributed by atoms with Crippen LogP contribution >= 0.6 is 0 Å². The minimum absolute atomic E-state index is 0.0518. The predicted molar refractivity (Wildman–Crippen MR) is 103 cm³/mol. The number of nitrogens with one attached hydrogen (secondary N) is 1. The van der Waals surface area contributed by atoms with E-state index in [-0.39, 0.29) is 5.91 Å². The van der Waals surface area contributed by atoms with E-state index in [9.17, 15) is 9.90 Å². The van der Waals surface area contributed by atoms with Gasteiger partial charge >= 0.3 is 0 Å². The number of benzene rings is 1. The van der Waals surface area contributed by atoms with Gasteiger partial charge in [0.05, 0.1) is 11.7 Å². The van der Waals surface area contributed by atoms with E-state index in [4.69, 9.17) is 0 Å². The molecule has 1 aliphatic heterocycles. The first kappa shape index (κ1) is 18.4. The van der Waals surface area contributed by atoms with Crippen LogP contribution in [-0.2, 0) is 0 Å². The molecule has 2 heterocycles. The monoisotopic (exact) mass is 353 g/mol. The standard InChI is InChI=1S/C21H27N3O2/c1-15-9-11-24(12-10-15)21(26)17-7-8-20(22-13-17)23-14-19(25)18-6-4-3-5-16(18)2/h3-8,13,15,19,25H,9-12,14H2,1-2H3,(H,22,23). The van der Waals surface area contributed by atoms with Crippen LogP contribution < -0.4 is 5.32 Å². The van der Waals surface area contributed by atoms with Crippen molar-refractivity contribution in [3.63, 3.8) is 0 Å². The van der Waals surface area contributed by atoms with Crippen LogP contribution in [-0.4, -0.2) is 40.5 Å². The summed E-state index contributed by atoms with van der Waals surface area (Å²) in [4.78, 5) is 18.8. The highest BCUT2D eigenvalue weighted by atomic mass is 16.3. The molecule has 5 nitrogen and oxygen atoms in total. The number of nitrogens with zero attached hydrogens (tertiary/aromatic N) is 2. The topological polar surface area (TPSA) is 65.5 Å². The summed E-state index contributed by atoms with van der Waals surface area (Å²) >= 11 is 0. The van der Waals surface area contributed by atoms with Crippen molar-refractivity contribution in [1.82, 2.24) is 9.88 Å². The number of piperidine rings is 1. The van der Waals surface area contributed by atoms with Crippen molar-refractivity contribution < 1.29 is 9.90 Å². The van der Waals surface area contributed by atoms with Crippen LogP contribution in [0, 0.1) is 12.8 Å². The number of amides is 1. The van der Waals surface area contributed by atoms with Crippen LogP contribution in [0.5, 0.6) is 0 Å². The lowest BCUT2D eigenvalue weighted by Crippen LogP contribution is -2.37. The van der Waals surface area contributed by atoms with Crippen molar-refractivity contribution in [2.24, 2.45) is 5.92 Å². The molecular formula is C21H27N3O2. The Morgan fingerprint density at radius 2 is 2.00 bits per heavy atom. The van der Waals surface area contributed by atoms with Gasteiger partial charge in [0.15, 0.2) is 0 Å². The lowest BCUT2D eigenvalue weighted by molar-refractivity contribution is 0.0697. The lowest BCUT2D eigenvalue weighted by atomic mass is 9.99. The molecule has 1 amide bonds. The Balaban J connectivity index is 1.56. The van der Waals surface area contributed by atoms with Gasteiger partial charge in [-0.25, -0.2) is 4.98 Å². The van der Waals surface area contributed by atoms with Crippen LogP contribution in [0.15, 0.2) is 42.6 Å². The molecule has 26 heavy (non-hydrogen) atoms. The van der Waals surface area contributed by atoms with Gasteiger partial charge < -0.3 is 15.3 Å². The summed E-state index contributed by atoms with van der Waals surface area (Å²) in [6.45, 7) is 6.23. The third-order valence-corrected chi connectivity index (χ3v) is 5.11. The van der Waals surface area contributed by atoms with Gasteiger partial charge in [0.2, 0.25) is 0 Å². The zero-order valence-electron chi connectivity index (χ0n) is 15.5. The van der Waals surface area contributed by atoms with E-state index in [1.165, 1.54) is 0 Å². The number of carbonyl (C=O) groups is 1. The predicted octanol–water partition coefficient (Wildman–Crippen LogP) is 3.41. The number of aryl methyl sites for hydroxylation is 1. The number of hydrogen-bond donors (Lipinski definition) is 2. The van der Waals surface area contributed by atoms with Gasteiger partial charge in [0.25, 0.3) is 5.91 Å². The van der Waals surface area contributed by atoms with Crippen molar-refractivity contribution in [3.05, 3.63) is 59.3 Å². The average molecular weight is 353 g/mol. The van der Waals surface area contributed by atoms with Gasteiger partial charge in [-0.05, 0) is 48.9 Å². The van der Waals surface area contributed by atoms with E-state index in [0.717, 1.165) is 37.1 Å². The lowest BCUT2D eigenvalue weighted by Gasteiger charge is -2.30. The number of likely N-dealkylation sites (tertiary alicyclic amines) is 1. The quantitative estimate of drug-likeness (QED) is 0.864. The maximum Gasteiger partial charge on any atom is 0.255 e. The van der Waals surface area contributed by atoms with E-state index in [1.54, 1.807) is 18.3 Å². The maximum atomic E-state index is 12.5. The highest BCUT2D eigenvalue weighted by Crippen LogP contribution is 2.20. The minimum Gasteiger partial charge on any atom is -0.387 e. The zero-order chi connectivity index (χ0) is 18.5. The number of anilines is 1. The summed E-state index contributed by atoms with van der Waals surface area (Å²) in [5.41, 5.74) is 2.59. The Labute approximate surface area is 155 Å². The number of aromatic nitrogens is 1. The molecule has 0 spiro atoms. The smallest absolute Gasteiger partial charge is 0.255 e. The molecular weight excluding hydrogens is 326 g/mol. The van der Waals surface area contributed by atoms with Gasteiger partial charge in [-0.1, -0.05) is 31.2 Å². The second kappa shape index (κ2) is 8.32. The van der Waals surface area contributed by atoms with Crippen LogP contribution in [0.2, 0.25) is 0 Å². The number of hydrogen-bond acceptors (Lipinski definition) is 4.